The first-order valence-corrected chi connectivity index (χ1v) is 6.40. The minimum atomic E-state index is -3.51. The molecule has 1 aromatic rings. The van der Waals surface area contributed by atoms with Crippen LogP contribution in [0.25, 0.3) is 0 Å². The molecule has 1 aromatic heterocycles. The summed E-state index contributed by atoms with van der Waals surface area (Å²) in [5.41, 5.74) is 5.48. The summed E-state index contributed by atoms with van der Waals surface area (Å²) in [6.45, 7) is 2.44. The molecule has 0 atom stereocenters. The topological polar surface area (TPSA) is 98.0 Å². The monoisotopic (exact) mass is 250 g/mol. The van der Waals surface area contributed by atoms with E-state index in [0.29, 0.717) is 6.54 Å². The summed E-state index contributed by atoms with van der Waals surface area (Å²) in [5.74, 6) is 0.0702. The summed E-state index contributed by atoms with van der Waals surface area (Å²) in [7, 11) is -3.51. The van der Waals surface area contributed by atoms with E-state index in [4.69, 9.17) is 17.3 Å². The molecule has 1 heterocycles. The second-order valence-electron chi connectivity index (χ2n) is 2.85. The van der Waals surface area contributed by atoms with Gasteiger partial charge in [-0.05, 0) is 6.92 Å². The Labute approximate surface area is 92.8 Å². The highest BCUT2D eigenvalue weighted by Crippen LogP contribution is 2.25. The predicted molar refractivity (Wildman–Crippen MR) is 58.7 cm³/mol. The molecule has 6 nitrogen and oxygen atoms in total. The Balaban J connectivity index is 3.34. The van der Waals surface area contributed by atoms with Gasteiger partial charge >= 0.3 is 0 Å². The van der Waals surface area contributed by atoms with E-state index in [1.165, 1.54) is 0 Å². The Bertz CT molecular complexity index is 451. The molecule has 0 amide bonds. The van der Waals surface area contributed by atoms with Crippen molar-refractivity contribution in [2.45, 2.75) is 11.8 Å². The zero-order valence-electron chi connectivity index (χ0n) is 8.28. The van der Waals surface area contributed by atoms with Crippen molar-refractivity contribution in [1.82, 2.24) is 9.97 Å². The lowest BCUT2D eigenvalue weighted by Gasteiger charge is -2.07. The predicted octanol–water partition coefficient (Wildman–Crippen LogP) is 0.548. The second-order valence-corrected chi connectivity index (χ2v) is 5.17. The number of nitrogen functional groups attached to an aromatic ring is 1. The Morgan fingerprint density at radius 2 is 2.07 bits per heavy atom. The highest BCUT2D eigenvalue weighted by atomic mass is 35.5. The van der Waals surface area contributed by atoms with Crippen LogP contribution in [-0.2, 0) is 9.84 Å². The molecular formula is C7H11ClN4O2S. The summed E-state index contributed by atoms with van der Waals surface area (Å²) in [6, 6.07) is 0. The molecule has 3 N–H and O–H groups in total. The van der Waals surface area contributed by atoms with Crippen LogP contribution in [0.5, 0.6) is 0 Å². The van der Waals surface area contributed by atoms with Crippen LogP contribution in [0.3, 0.4) is 0 Å². The third kappa shape index (κ3) is 2.69. The Hall–Kier alpha value is -1.08. The van der Waals surface area contributed by atoms with Gasteiger partial charge in [-0.1, -0.05) is 11.6 Å². The van der Waals surface area contributed by atoms with Crippen molar-refractivity contribution >= 4 is 33.2 Å². The fourth-order valence-corrected chi connectivity index (χ4v) is 2.39. The van der Waals surface area contributed by atoms with Gasteiger partial charge in [-0.3, -0.25) is 0 Å². The minimum Gasteiger partial charge on any atom is -0.382 e. The van der Waals surface area contributed by atoms with Crippen LogP contribution in [0.4, 0.5) is 11.8 Å². The number of aromatic nitrogens is 2. The highest BCUT2D eigenvalue weighted by molar-refractivity contribution is 7.91. The number of nitrogens with zero attached hydrogens (tertiary/aromatic N) is 2. The normalized spacial score (nSPS) is 11.4. The van der Waals surface area contributed by atoms with E-state index in [-0.39, 0.29) is 21.8 Å². The van der Waals surface area contributed by atoms with E-state index >= 15 is 0 Å². The van der Waals surface area contributed by atoms with Crippen LogP contribution in [0, 0.1) is 0 Å². The van der Waals surface area contributed by atoms with Gasteiger partial charge in [0, 0.05) is 12.8 Å². The van der Waals surface area contributed by atoms with Gasteiger partial charge in [0.15, 0.2) is 15.0 Å². The van der Waals surface area contributed by atoms with Crippen molar-refractivity contribution in [2.24, 2.45) is 0 Å². The molecule has 0 spiro atoms. The molecule has 0 saturated carbocycles. The molecule has 0 aliphatic carbocycles. The van der Waals surface area contributed by atoms with E-state index in [1.54, 1.807) is 0 Å². The fraction of sp³-hybridized carbons (Fsp3) is 0.429. The number of hydrogen-bond acceptors (Lipinski definition) is 6. The third-order valence-corrected chi connectivity index (χ3v) is 3.09. The van der Waals surface area contributed by atoms with Crippen molar-refractivity contribution in [2.75, 3.05) is 23.9 Å². The molecule has 0 aromatic carbocycles. The maximum absolute atomic E-state index is 11.3. The fourth-order valence-electron chi connectivity index (χ4n) is 1.02. The average molecular weight is 251 g/mol. The molecule has 8 heteroatoms. The van der Waals surface area contributed by atoms with Gasteiger partial charge in [0.1, 0.15) is 10.7 Å². The number of nitrogens with two attached hydrogens (primary N) is 1. The molecule has 0 aliphatic rings. The van der Waals surface area contributed by atoms with Gasteiger partial charge < -0.3 is 11.1 Å². The molecular weight excluding hydrogens is 240 g/mol. The van der Waals surface area contributed by atoms with Crippen LogP contribution in [-0.4, -0.2) is 31.2 Å². The van der Waals surface area contributed by atoms with Crippen LogP contribution in [0.1, 0.15) is 6.92 Å². The number of halogens is 1. The zero-order valence-corrected chi connectivity index (χ0v) is 9.85. The summed E-state index contributed by atoms with van der Waals surface area (Å²) >= 11 is 5.70. The number of anilines is 2. The minimum absolute atomic E-state index is 0.145. The lowest BCUT2D eigenvalue weighted by Crippen LogP contribution is -2.10. The summed E-state index contributed by atoms with van der Waals surface area (Å²) < 4.78 is 22.6. The highest BCUT2D eigenvalue weighted by Gasteiger charge is 2.19. The van der Waals surface area contributed by atoms with Crippen molar-refractivity contribution in [1.29, 1.82) is 0 Å². The number of hydrogen-bond donors (Lipinski definition) is 2. The van der Waals surface area contributed by atoms with Crippen LogP contribution in [0.15, 0.2) is 4.90 Å². The van der Waals surface area contributed by atoms with E-state index in [1.807, 2.05) is 6.92 Å². The third-order valence-electron chi connectivity index (χ3n) is 1.56. The smallest absolute Gasteiger partial charge is 0.226 e. The summed E-state index contributed by atoms with van der Waals surface area (Å²) in [4.78, 5) is 7.33. The van der Waals surface area contributed by atoms with Gasteiger partial charge in [-0.15, -0.1) is 0 Å². The Kier molecular flexibility index (Phi) is 3.35. The van der Waals surface area contributed by atoms with Gasteiger partial charge in [0.25, 0.3) is 0 Å². The van der Waals surface area contributed by atoms with Crippen LogP contribution < -0.4 is 11.1 Å². The average Bonchev–Trinajstić information content (AvgIpc) is 1.99. The van der Waals surface area contributed by atoms with E-state index in [9.17, 15) is 8.42 Å². The zero-order chi connectivity index (χ0) is 11.6. The summed E-state index contributed by atoms with van der Waals surface area (Å²) in [6.07, 6.45) is 1.00. The Morgan fingerprint density at radius 3 is 2.47 bits per heavy atom. The van der Waals surface area contributed by atoms with Crippen molar-refractivity contribution in [3.8, 4) is 0 Å². The van der Waals surface area contributed by atoms with Gasteiger partial charge in [0.05, 0.1) is 0 Å². The first-order valence-electron chi connectivity index (χ1n) is 4.13. The lowest BCUT2D eigenvalue weighted by molar-refractivity contribution is 0.601. The molecule has 84 valence electrons. The van der Waals surface area contributed by atoms with Crippen LogP contribution >= 0.6 is 11.6 Å². The van der Waals surface area contributed by atoms with Gasteiger partial charge in [-0.2, -0.15) is 9.97 Å². The lowest BCUT2D eigenvalue weighted by atomic mass is 10.6. The first kappa shape index (κ1) is 12.0. The molecule has 0 radical (unpaired) electrons. The van der Waals surface area contributed by atoms with Crippen molar-refractivity contribution in [3.05, 3.63) is 5.15 Å². The molecule has 0 aliphatic heterocycles. The molecule has 0 fully saturated rings. The molecule has 1 rings (SSSR count). The number of sulfone groups is 1. The van der Waals surface area contributed by atoms with Crippen LogP contribution in [0.2, 0.25) is 5.15 Å². The van der Waals surface area contributed by atoms with Gasteiger partial charge in [-0.25, -0.2) is 8.42 Å². The quantitative estimate of drug-likeness (QED) is 0.760. The SMILES string of the molecule is CCNc1nc(N)c(S(C)(=O)=O)c(Cl)n1. The standard InChI is InChI=1S/C7H11ClN4O2S/c1-3-10-7-11-5(8)4(6(9)12-7)15(2,13)14/h3H2,1-2H3,(H3,9,10,11,12). The van der Waals surface area contributed by atoms with E-state index in [2.05, 4.69) is 15.3 Å². The summed E-state index contributed by atoms with van der Waals surface area (Å²) in [5, 5.41) is 2.62. The number of nitrogens with one attached hydrogen (secondary N) is 1. The maximum atomic E-state index is 11.3. The number of rotatable bonds is 3. The maximum Gasteiger partial charge on any atom is 0.226 e. The molecule has 0 saturated heterocycles. The van der Waals surface area contributed by atoms with E-state index < -0.39 is 9.84 Å². The molecule has 15 heavy (non-hydrogen) atoms. The van der Waals surface area contributed by atoms with Crippen molar-refractivity contribution in [3.63, 3.8) is 0 Å². The largest absolute Gasteiger partial charge is 0.382 e. The molecule has 0 bridgehead atoms. The first-order chi connectivity index (χ1) is 6.86. The van der Waals surface area contributed by atoms with Crippen molar-refractivity contribution < 1.29 is 8.42 Å². The molecule has 0 unspecified atom stereocenters. The van der Waals surface area contributed by atoms with E-state index in [0.717, 1.165) is 6.26 Å². The Morgan fingerprint density at radius 1 is 1.47 bits per heavy atom. The van der Waals surface area contributed by atoms with Gasteiger partial charge in [0.2, 0.25) is 5.95 Å². The second kappa shape index (κ2) is 4.19.